The van der Waals surface area contributed by atoms with Crippen molar-refractivity contribution in [3.8, 4) is 0 Å². The number of rotatable bonds is 7. The summed E-state index contributed by atoms with van der Waals surface area (Å²) in [5.74, 6) is 0. The van der Waals surface area contributed by atoms with Crippen LogP contribution in [0.1, 0.15) is 23.7 Å². The number of nitrogens with one attached hydrogen (secondary N) is 1. The smallest absolute Gasteiger partial charge is 0.257 e. The Hall–Kier alpha value is -1.47. The minimum absolute atomic E-state index is 0. The molecule has 118 valence electrons. The fourth-order valence-corrected chi connectivity index (χ4v) is 1.98. The number of hydrogen-bond donors (Lipinski definition) is 1. The molecule has 0 saturated heterocycles. The van der Waals surface area contributed by atoms with E-state index < -0.39 is 6.43 Å². The third-order valence-corrected chi connectivity index (χ3v) is 3.03. The zero-order chi connectivity index (χ0) is 14.5. The second-order valence-corrected chi connectivity index (χ2v) is 4.66. The number of aryl methyl sites for hydroxylation is 2. The first-order chi connectivity index (χ1) is 9.58. The van der Waals surface area contributed by atoms with Crippen LogP contribution in [-0.4, -0.2) is 26.0 Å². The Bertz CT molecular complexity index is 553. The van der Waals surface area contributed by atoms with Crippen molar-refractivity contribution >= 4 is 12.4 Å². The lowest BCUT2D eigenvalue weighted by Gasteiger charge is -2.01. The van der Waals surface area contributed by atoms with E-state index in [4.69, 9.17) is 0 Å². The van der Waals surface area contributed by atoms with Crippen molar-refractivity contribution in [3.05, 3.63) is 35.4 Å². The van der Waals surface area contributed by atoms with Gasteiger partial charge in [0, 0.05) is 43.2 Å². The van der Waals surface area contributed by atoms with Crippen LogP contribution in [0.25, 0.3) is 0 Å². The van der Waals surface area contributed by atoms with Gasteiger partial charge in [0.05, 0.1) is 11.9 Å². The van der Waals surface area contributed by atoms with Crippen LogP contribution >= 0.6 is 12.4 Å². The Morgan fingerprint density at radius 2 is 2.00 bits per heavy atom. The second-order valence-electron chi connectivity index (χ2n) is 4.66. The molecule has 0 bridgehead atoms. The zero-order valence-electron chi connectivity index (χ0n) is 12.1. The Kier molecular flexibility index (Phi) is 6.77. The highest BCUT2D eigenvalue weighted by atomic mass is 35.5. The van der Waals surface area contributed by atoms with Crippen LogP contribution in [0.2, 0.25) is 0 Å². The van der Waals surface area contributed by atoms with E-state index in [1.165, 1.54) is 4.68 Å². The SMILES string of the molecule is CCn1cc(CNCc2cnn(CC(F)F)c2)c(C)n1.Cl. The van der Waals surface area contributed by atoms with Gasteiger partial charge in [-0.1, -0.05) is 0 Å². The Morgan fingerprint density at radius 3 is 2.62 bits per heavy atom. The predicted molar refractivity (Wildman–Crippen MR) is 78.7 cm³/mol. The zero-order valence-corrected chi connectivity index (χ0v) is 12.9. The van der Waals surface area contributed by atoms with Crippen LogP contribution in [0.15, 0.2) is 18.6 Å². The highest BCUT2D eigenvalue weighted by Gasteiger charge is 2.06. The molecule has 8 heteroatoms. The molecule has 21 heavy (non-hydrogen) atoms. The van der Waals surface area contributed by atoms with Crippen molar-refractivity contribution in [2.45, 2.75) is 46.5 Å². The first-order valence-electron chi connectivity index (χ1n) is 6.61. The van der Waals surface area contributed by atoms with E-state index in [-0.39, 0.29) is 19.0 Å². The minimum Gasteiger partial charge on any atom is -0.308 e. The van der Waals surface area contributed by atoms with Gasteiger partial charge in [0.15, 0.2) is 0 Å². The molecule has 2 heterocycles. The Balaban J connectivity index is 0.00000220. The molecule has 0 aliphatic carbocycles. The van der Waals surface area contributed by atoms with Crippen molar-refractivity contribution in [2.24, 2.45) is 0 Å². The molecule has 0 saturated carbocycles. The minimum atomic E-state index is -2.38. The van der Waals surface area contributed by atoms with Gasteiger partial charge in [0.2, 0.25) is 0 Å². The Labute approximate surface area is 128 Å². The fraction of sp³-hybridized carbons (Fsp3) is 0.538. The average Bonchev–Trinajstić information content (AvgIpc) is 2.96. The molecule has 0 atom stereocenters. The number of aromatic nitrogens is 4. The number of hydrogen-bond acceptors (Lipinski definition) is 3. The molecule has 1 N–H and O–H groups in total. The molecule has 0 unspecified atom stereocenters. The van der Waals surface area contributed by atoms with Crippen molar-refractivity contribution in [3.63, 3.8) is 0 Å². The van der Waals surface area contributed by atoms with E-state index in [1.807, 2.05) is 24.7 Å². The molecule has 0 fully saturated rings. The first kappa shape index (κ1) is 17.6. The van der Waals surface area contributed by atoms with Crippen LogP contribution in [0.5, 0.6) is 0 Å². The van der Waals surface area contributed by atoms with Crippen LogP contribution in [0.3, 0.4) is 0 Å². The van der Waals surface area contributed by atoms with Crippen molar-refractivity contribution in [1.82, 2.24) is 24.9 Å². The highest BCUT2D eigenvalue weighted by Crippen LogP contribution is 2.06. The van der Waals surface area contributed by atoms with Gasteiger partial charge in [-0.2, -0.15) is 10.2 Å². The summed E-state index contributed by atoms with van der Waals surface area (Å²) in [6, 6.07) is 0. The molecule has 0 aliphatic rings. The summed E-state index contributed by atoms with van der Waals surface area (Å²) < 4.78 is 27.6. The van der Waals surface area contributed by atoms with E-state index in [9.17, 15) is 8.78 Å². The summed E-state index contributed by atoms with van der Waals surface area (Å²) >= 11 is 0. The molecular weight excluding hydrogens is 300 g/mol. The first-order valence-corrected chi connectivity index (χ1v) is 6.61. The summed E-state index contributed by atoms with van der Waals surface area (Å²) in [6.07, 6.45) is 2.89. The van der Waals surface area contributed by atoms with Gasteiger partial charge in [-0.15, -0.1) is 12.4 Å². The van der Waals surface area contributed by atoms with Gasteiger partial charge >= 0.3 is 0 Å². The van der Waals surface area contributed by atoms with Gasteiger partial charge in [-0.05, 0) is 13.8 Å². The fourth-order valence-electron chi connectivity index (χ4n) is 1.98. The van der Waals surface area contributed by atoms with Gasteiger partial charge in [0.1, 0.15) is 6.54 Å². The summed E-state index contributed by atoms with van der Waals surface area (Å²) in [4.78, 5) is 0. The maximum absolute atomic E-state index is 12.2. The van der Waals surface area contributed by atoms with Crippen LogP contribution in [0.4, 0.5) is 8.78 Å². The number of halogens is 3. The van der Waals surface area contributed by atoms with Crippen LogP contribution < -0.4 is 5.32 Å². The van der Waals surface area contributed by atoms with Gasteiger partial charge in [-0.3, -0.25) is 9.36 Å². The van der Waals surface area contributed by atoms with E-state index in [0.717, 1.165) is 23.4 Å². The van der Waals surface area contributed by atoms with Gasteiger partial charge in [-0.25, -0.2) is 8.78 Å². The van der Waals surface area contributed by atoms with Crippen molar-refractivity contribution in [1.29, 1.82) is 0 Å². The Morgan fingerprint density at radius 1 is 1.24 bits per heavy atom. The lowest BCUT2D eigenvalue weighted by molar-refractivity contribution is 0.122. The predicted octanol–water partition coefficient (Wildman–Crippen LogP) is 2.38. The normalized spacial score (nSPS) is 10.9. The molecule has 0 aliphatic heterocycles. The van der Waals surface area contributed by atoms with E-state index >= 15 is 0 Å². The van der Waals surface area contributed by atoms with Crippen molar-refractivity contribution < 1.29 is 8.78 Å². The van der Waals surface area contributed by atoms with Crippen LogP contribution in [-0.2, 0) is 26.2 Å². The third kappa shape index (κ3) is 5.09. The standard InChI is InChI=1S/C13H19F2N5.ClH/c1-3-19-8-12(10(2)18-19)6-16-4-11-5-17-20(7-11)9-13(14)15;/h5,7-8,13,16H,3-4,6,9H2,1-2H3;1H. The summed E-state index contributed by atoms with van der Waals surface area (Å²) in [6.45, 7) is 5.81. The third-order valence-electron chi connectivity index (χ3n) is 3.03. The molecular formula is C13H20ClF2N5. The largest absolute Gasteiger partial charge is 0.308 e. The van der Waals surface area contributed by atoms with Gasteiger partial charge < -0.3 is 5.32 Å². The number of nitrogens with zero attached hydrogens (tertiary/aromatic N) is 4. The molecule has 0 spiro atoms. The molecule has 0 amide bonds. The molecule has 0 radical (unpaired) electrons. The maximum atomic E-state index is 12.2. The molecule has 0 aromatic carbocycles. The average molecular weight is 320 g/mol. The summed E-state index contributed by atoms with van der Waals surface area (Å²) in [5, 5.41) is 11.5. The topological polar surface area (TPSA) is 47.7 Å². The van der Waals surface area contributed by atoms with Gasteiger partial charge in [0.25, 0.3) is 6.43 Å². The molecule has 2 aromatic heterocycles. The lowest BCUT2D eigenvalue weighted by Crippen LogP contribution is -2.12. The van der Waals surface area contributed by atoms with E-state index in [0.29, 0.717) is 13.1 Å². The monoisotopic (exact) mass is 319 g/mol. The molecule has 5 nitrogen and oxygen atoms in total. The highest BCUT2D eigenvalue weighted by molar-refractivity contribution is 5.85. The second kappa shape index (κ2) is 8.09. The quantitative estimate of drug-likeness (QED) is 0.852. The van der Waals surface area contributed by atoms with Crippen molar-refractivity contribution in [2.75, 3.05) is 0 Å². The number of alkyl halides is 2. The summed E-state index contributed by atoms with van der Waals surface area (Å²) in [5.41, 5.74) is 3.05. The lowest BCUT2D eigenvalue weighted by atomic mass is 10.2. The van der Waals surface area contributed by atoms with Crippen LogP contribution in [0, 0.1) is 6.92 Å². The summed E-state index contributed by atoms with van der Waals surface area (Å²) in [7, 11) is 0. The molecule has 2 aromatic rings. The maximum Gasteiger partial charge on any atom is 0.257 e. The molecule has 2 rings (SSSR count). The van der Waals surface area contributed by atoms with E-state index in [2.05, 4.69) is 15.5 Å². The van der Waals surface area contributed by atoms with E-state index in [1.54, 1.807) is 12.4 Å².